The lowest BCUT2D eigenvalue weighted by molar-refractivity contribution is -0.0599. The molecule has 0 atom stereocenters. The maximum atomic E-state index is 11.8. The van der Waals surface area contributed by atoms with Crippen LogP contribution in [0.2, 0.25) is 0 Å². The largest absolute Gasteiger partial charge is 0.370 e. The number of aromatic nitrogens is 2. The van der Waals surface area contributed by atoms with Crippen molar-refractivity contribution in [2.24, 2.45) is 11.7 Å². The molecule has 0 bridgehead atoms. The molecule has 1 aromatic heterocycles. The van der Waals surface area contributed by atoms with Crippen LogP contribution in [0.5, 0.6) is 0 Å². The fourth-order valence-corrected chi connectivity index (χ4v) is 2.56. The maximum Gasteiger partial charge on any atom is 0.255 e. The minimum absolute atomic E-state index is 0.155. The molecular formula is C13H21N3O2. The molecule has 2 rings (SSSR count). The number of nitrogens with zero attached hydrogens (tertiary/aromatic N) is 1. The molecule has 1 aliphatic rings. The number of hydrogen-bond donors (Lipinski definition) is 2. The van der Waals surface area contributed by atoms with Gasteiger partial charge in [0.2, 0.25) is 0 Å². The summed E-state index contributed by atoms with van der Waals surface area (Å²) in [5.74, 6) is 1.35. The second-order valence-corrected chi connectivity index (χ2v) is 5.17. The van der Waals surface area contributed by atoms with E-state index in [1.54, 1.807) is 13.3 Å². The Bertz CT molecular complexity index is 462. The molecule has 0 amide bonds. The van der Waals surface area contributed by atoms with Gasteiger partial charge >= 0.3 is 0 Å². The number of rotatable bonds is 3. The summed E-state index contributed by atoms with van der Waals surface area (Å²) >= 11 is 0. The average Bonchev–Trinajstić information content (AvgIpc) is 2.40. The van der Waals surface area contributed by atoms with Gasteiger partial charge in [0.1, 0.15) is 11.4 Å². The number of hydrogen-bond acceptors (Lipinski definition) is 4. The van der Waals surface area contributed by atoms with Gasteiger partial charge in [0.05, 0.1) is 0 Å². The first-order valence-corrected chi connectivity index (χ1v) is 6.45. The summed E-state index contributed by atoms with van der Waals surface area (Å²) in [5.41, 5.74) is 5.39. The van der Waals surface area contributed by atoms with Crippen LogP contribution in [0.25, 0.3) is 0 Å². The van der Waals surface area contributed by atoms with Crippen LogP contribution >= 0.6 is 0 Å². The number of methoxy groups -OCH3 is 1. The highest BCUT2D eigenvalue weighted by molar-refractivity contribution is 5.11. The van der Waals surface area contributed by atoms with Crippen molar-refractivity contribution in [1.82, 2.24) is 9.97 Å². The SMILES string of the molecule is COC1(c2ncc(CN)c(=O)[nH]2)CCC(C)CC1. The summed E-state index contributed by atoms with van der Waals surface area (Å²) in [6.45, 7) is 2.45. The van der Waals surface area contributed by atoms with E-state index >= 15 is 0 Å². The molecule has 0 aliphatic heterocycles. The Morgan fingerprint density at radius 2 is 2.22 bits per heavy atom. The molecule has 1 heterocycles. The van der Waals surface area contributed by atoms with E-state index in [0.29, 0.717) is 17.3 Å². The second-order valence-electron chi connectivity index (χ2n) is 5.17. The Morgan fingerprint density at radius 3 is 2.72 bits per heavy atom. The molecule has 5 heteroatoms. The van der Waals surface area contributed by atoms with Gasteiger partial charge in [-0.3, -0.25) is 4.79 Å². The lowest BCUT2D eigenvalue weighted by Crippen LogP contribution is -2.37. The highest BCUT2D eigenvalue weighted by Gasteiger charge is 2.38. The zero-order valence-electron chi connectivity index (χ0n) is 11.0. The van der Waals surface area contributed by atoms with E-state index in [1.165, 1.54) is 0 Å². The molecule has 1 aromatic rings. The monoisotopic (exact) mass is 251 g/mol. The first-order chi connectivity index (χ1) is 8.61. The first-order valence-electron chi connectivity index (χ1n) is 6.45. The van der Waals surface area contributed by atoms with Crippen LogP contribution in [-0.2, 0) is 16.9 Å². The van der Waals surface area contributed by atoms with Gasteiger partial charge in [-0.05, 0) is 31.6 Å². The fourth-order valence-electron chi connectivity index (χ4n) is 2.56. The van der Waals surface area contributed by atoms with Crippen LogP contribution in [0, 0.1) is 5.92 Å². The number of ether oxygens (including phenoxy) is 1. The molecule has 1 aliphatic carbocycles. The number of nitrogens with two attached hydrogens (primary N) is 1. The second kappa shape index (κ2) is 5.20. The molecule has 0 spiro atoms. The van der Waals surface area contributed by atoms with Crippen molar-refractivity contribution in [3.05, 3.63) is 27.9 Å². The van der Waals surface area contributed by atoms with E-state index in [4.69, 9.17) is 10.5 Å². The topological polar surface area (TPSA) is 81.0 Å². The smallest absolute Gasteiger partial charge is 0.255 e. The van der Waals surface area contributed by atoms with Gasteiger partial charge in [-0.1, -0.05) is 6.92 Å². The van der Waals surface area contributed by atoms with Gasteiger partial charge in [0.15, 0.2) is 0 Å². The van der Waals surface area contributed by atoms with Crippen molar-refractivity contribution < 1.29 is 4.74 Å². The summed E-state index contributed by atoms with van der Waals surface area (Å²) in [6.07, 6.45) is 5.55. The van der Waals surface area contributed by atoms with E-state index < -0.39 is 5.60 Å². The zero-order chi connectivity index (χ0) is 13.2. The van der Waals surface area contributed by atoms with Crippen LogP contribution < -0.4 is 11.3 Å². The Morgan fingerprint density at radius 1 is 1.56 bits per heavy atom. The first kappa shape index (κ1) is 13.2. The fraction of sp³-hybridized carbons (Fsp3) is 0.692. The highest BCUT2D eigenvalue weighted by Crippen LogP contribution is 2.40. The van der Waals surface area contributed by atoms with E-state index in [9.17, 15) is 4.79 Å². The minimum atomic E-state index is -0.432. The van der Waals surface area contributed by atoms with Crippen LogP contribution in [0.15, 0.2) is 11.0 Å². The lowest BCUT2D eigenvalue weighted by Gasteiger charge is -2.37. The summed E-state index contributed by atoms with van der Waals surface area (Å²) in [7, 11) is 1.69. The number of nitrogens with one attached hydrogen (secondary N) is 1. The Kier molecular flexibility index (Phi) is 3.82. The third-order valence-corrected chi connectivity index (χ3v) is 4.00. The summed E-state index contributed by atoms with van der Waals surface area (Å²) < 4.78 is 5.68. The maximum absolute atomic E-state index is 11.8. The van der Waals surface area contributed by atoms with Crippen molar-refractivity contribution in [1.29, 1.82) is 0 Å². The average molecular weight is 251 g/mol. The van der Waals surface area contributed by atoms with Gasteiger partial charge < -0.3 is 15.5 Å². The quantitative estimate of drug-likeness (QED) is 0.848. The van der Waals surface area contributed by atoms with Crippen molar-refractivity contribution in [3.8, 4) is 0 Å². The highest BCUT2D eigenvalue weighted by atomic mass is 16.5. The number of H-pyrrole nitrogens is 1. The third-order valence-electron chi connectivity index (χ3n) is 4.00. The van der Waals surface area contributed by atoms with Gasteiger partial charge in [-0.2, -0.15) is 0 Å². The van der Waals surface area contributed by atoms with Crippen LogP contribution in [0.3, 0.4) is 0 Å². The van der Waals surface area contributed by atoms with Crippen molar-refractivity contribution in [3.63, 3.8) is 0 Å². The van der Waals surface area contributed by atoms with E-state index in [1.807, 2.05) is 0 Å². The zero-order valence-corrected chi connectivity index (χ0v) is 11.0. The lowest BCUT2D eigenvalue weighted by atomic mass is 9.79. The predicted octanol–water partition coefficient (Wildman–Crippen LogP) is 1.28. The van der Waals surface area contributed by atoms with Crippen molar-refractivity contribution in [2.45, 2.75) is 44.8 Å². The molecule has 0 unspecified atom stereocenters. The molecule has 0 saturated heterocycles. The summed E-state index contributed by atoms with van der Waals surface area (Å²) in [5, 5.41) is 0. The van der Waals surface area contributed by atoms with Crippen molar-refractivity contribution in [2.75, 3.05) is 7.11 Å². The third kappa shape index (κ3) is 2.33. The summed E-state index contributed by atoms with van der Waals surface area (Å²) in [6, 6.07) is 0. The Hall–Kier alpha value is -1.20. The van der Waals surface area contributed by atoms with Gasteiger partial charge in [-0.15, -0.1) is 0 Å². The van der Waals surface area contributed by atoms with Gasteiger partial charge in [0.25, 0.3) is 5.56 Å². The molecule has 1 saturated carbocycles. The summed E-state index contributed by atoms with van der Waals surface area (Å²) in [4.78, 5) is 19.0. The molecule has 3 N–H and O–H groups in total. The van der Waals surface area contributed by atoms with Crippen LogP contribution in [0.1, 0.15) is 44.0 Å². The Labute approximate surface area is 107 Å². The van der Waals surface area contributed by atoms with E-state index in [2.05, 4.69) is 16.9 Å². The molecular weight excluding hydrogens is 230 g/mol. The molecule has 5 nitrogen and oxygen atoms in total. The van der Waals surface area contributed by atoms with Crippen molar-refractivity contribution >= 4 is 0 Å². The predicted molar refractivity (Wildman–Crippen MR) is 69.1 cm³/mol. The van der Waals surface area contributed by atoms with E-state index in [-0.39, 0.29) is 12.1 Å². The molecule has 100 valence electrons. The molecule has 18 heavy (non-hydrogen) atoms. The molecule has 1 fully saturated rings. The normalized spacial score (nSPS) is 28.3. The Balaban J connectivity index is 2.33. The molecule has 0 radical (unpaired) electrons. The van der Waals surface area contributed by atoms with Crippen LogP contribution in [-0.4, -0.2) is 17.1 Å². The van der Waals surface area contributed by atoms with Crippen LogP contribution in [0.4, 0.5) is 0 Å². The van der Waals surface area contributed by atoms with E-state index in [0.717, 1.165) is 25.7 Å². The standard InChI is InChI=1S/C13H21N3O2/c1-9-3-5-13(18-2,6-4-9)12-15-8-10(7-14)11(17)16-12/h8-9H,3-7,14H2,1-2H3,(H,15,16,17). The minimum Gasteiger partial charge on any atom is -0.370 e. The number of aromatic amines is 1. The van der Waals surface area contributed by atoms with Gasteiger partial charge in [0, 0.05) is 25.4 Å². The molecule has 0 aromatic carbocycles. The van der Waals surface area contributed by atoms with Gasteiger partial charge in [-0.25, -0.2) is 4.98 Å².